The first-order valence-corrected chi connectivity index (χ1v) is 5.89. The molecule has 86 valence electrons. The van der Waals surface area contributed by atoms with Crippen molar-refractivity contribution in [3.8, 4) is 0 Å². The first-order valence-electron chi connectivity index (χ1n) is 5.46. The third-order valence-electron chi connectivity index (χ3n) is 2.56. The van der Waals surface area contributed by atoms with Crippen LogP contribution < -0.4 is 0 Å². The number of hydrogen-bond acceptors (Lipinski definition) is 2. The molecular weight excluding hydrogens is 210 g/mol. The average molecular weight is 230 g/mol. The fraction of sp³-hybridized carbons (Fsp3) is 0.818. The highest BCUT2D eigenvalue weighted by Crippen LogP contribution is 2.27. The lowest BCUT2D eigenvalue weighted by atomic mass is 9.89. The van der Waals surface area contributed by atoms with Gasteiger partial charge in [-0.25, -0.2) is 4.98 Å². The fourth-order valence-corrected chi connectivity index (χ4v) is 1.54. The Kier molecular flexibility index (Phi) is 4.14. The first-order chi connectivity index (χ1) is 6.95. The molecule has 1 aromatic heterocycles. The van der Waals surface area contributed by atoms with Crippen LogP contribution in [0.2, 0.25) is 0 Å². The highest BCUT2D eigenvalue weighted by atomic mass is 35.5. The van der Waals surface area contributed by atoms with Gasteiger partial charge in [-0.15, -0.1) is 11.6 Å². The van der Waals surface area contributed by atoms with Crippen LogP contribution in [0.5, 0.6) is 0 Å². The van der Waals surface area contributed by atoms with E-state index in [9.17, 15) is 0 Å². The predicted molar refractivity (Wildman–Crippen MR) is 63.1 cm³/mol. The Hall–Kier alpha value is -0.570. The molecule has 0 saturated heterocycles. The van der Waals surface area contributed by atoms with E-state index in [4.69, 9.17) is 11.6 Å². The summed E-state index contributed by atoms with van der Waals surface area (Å²) < 4.78 is 1.92. The smallest absolute Gasteiger partial charge is 0.138 e. The maximum absolute atomic E-state index is 6.31. The van der Waals surface area contributed by atoms with Gasteiger partial charge in [0.05, 0.1) is 0 Å². The molecule has 0 aliphatic heterocycles. The monoisotopic (exact) mass is 229 g/mol. The van der Waals surface area contributed by atoms with Crippen LogP contribution in [0, 0.1) is 5.41 Å². The minimum absolute atomic E-state index is 0.151. The van der Waals surface area contributed by atoms with Crippen molar-refractivity contribution >= 4 is 11.6 Å². The van der Waals surface area contributed by atoms with Gasteiger partial charge in [-0.05, 0) is 18.8 Å². The van der Waals surface area contributed by atoms with Crippen LogP contribution in [-0.4, -0.2) is 20.1 Å². The molecule has 0 aliphatic carbocycles. The van der Waals surface area contributed by atoms with Crippen molar-refractivity contribution in [1.82, 2.24) is 14.8 Å². The molecule has 0 saturated carbocycles. The van der Waals surface area contributed by atoms with E-state index in [-0.39, 0.29) is 10.8 Å². The molecule has 15 heavy (non-hydrogen) atoms. The lowest BCUT2D eigenvalue weighted by Crippen LogP contribution is -2.21. The van der Waals surface area contributed by atoms with Gasteiger partial charge in [0.15, 0.2) is 0 Å². The lowest BCUT2D eigenvalue weighted by molar-refractivity contribution is 0.371. The number of alkyl halides is 1. The van der Waals surface area contributed by atoms with Crippen molar-refractivity contribution in [3.63, 3.8) is 0 Å². The second kappa shape index (κ2) is 4.97. The molecule has 1 aromatic rings. The van der Waals surface area contributed by atoms with Crippen LogP contribution in [0.3, 0.4) is 0 Å². The van der Waals surface area contributed by atoms with E-state index in [2.05, 4.69) is 37.8 Å². The molecule has 0 fully saturated rings. The number of nitrogens with zero attached hydrogens (tertiary/aromatic N) is 3. The van der Waals surface area contributed by atoms with Gasteiger partial charge >= 0.3 is 0 Å². The highest BCUT2D eigenvalue weighted by molar-refractivity contribution is 6.21. The maximum atomic E-state index is 6.31. The molecule has 0 amide bonds. The summed E-state index contributed by atoms with van der Waals surface area (Å²) in [4.78, 5) is 4.23. The molecule has 1 heterocycles. The second-order valence-electron chi connectivity index (χ2n) is 4.86. The van der Waals surface area contributed by atoms with Gasteiger partial charge in [0.2, 0.25) is 0 Å². The van der Waals surface area contributed by atoms with E-state index in [1.807, 2.05) is 4.68 Å². The Labute approximate surface area is 96.8 Å². The van der Waals surface area contributed by atoms with Crippen LogP contribution in [-0.2, 0) is 13.0 Å². The topological polar surface area (TPSA) is 30.7 Å². The van der Waals surface area contributed by atoms with Gasteiger partial charge in [0, 0.05) is 18.3 Å². The zero-order chi connectivity index (χ0) is 11.5. The molecule has 0 N–H and O–H groups in total. The van der Waals surface area contributed by atoms with Crippen molar-refractivity contribution in [1.29, 1.82) is 0 Å². The summed E-state index contributed by atoms with van der Waals surface area (Å²) in [6, 6.07) is 0. The van der Waals surface area contributed by atoms with Crippen LogP contribution >= 0.6 is 11.6 Å². The Morgan fingerprint density at radius 2 is 2.13 bits per heavy atom. The largest absolute Gasteiger partial charge is 0.250 e. The van der Waals surface area contributed by atoms with Crippen LogP contribution in [0.1, 0.15) is 39.9 Å². The van der Waals surface area contributed by atoms with E-state index >= 15 is 0 Å². The SMILES string of the molecule is CCn1ncnc1CCC(Cl)C(C)(C)C. The molecule has 0 radical (unpaired) electrons. The lowest BCUT2D eigenvalue weighted by Gasteiger charge is -2.24. The number of aryl methyl sites for hydroxylation is 2. The van der Waals surface area contributed by atoms with E-state index in [1.165, 1.54) is 0 Å². The van der Waals surface area contributed by atoms with Gasteiger partial charge in [-0.2, -0.15) is 5.10 Å². The van der Waals surface area contributed by atoms with Crippen LogP contribution in [0.4, 0.5) is 0 Å². The average Bonchev–Trinajstić information content (AvgIpc) is 2.59. The Balaban J connectivity index is 2.50. The van der Waals surface area contributed by atoms with Crippen LogP contribution in [0.25, 0.3) is 0 Å². The number of aromatic nitrogens is 3. The van der Waals surface area contributed by atoms with E-state index < -0.39 is 0 Å². The molecule has 1 rings (SSSR count). The molecule has 0 spiro atoms. The Bertz CT molecular complexity index is 301. The number of halogens is 1. The zero-order valence-corrected chi connectivity index (χ0v) is 10.8. The maximum Gasteiger partial charge on any atom is 0.138 e. The van der Waals surface area contributed by atoms with Crippen molar-refractivity contribution in [3.05, 3.63) is 12.2 Å². The summed E-state index contributed by atoms with van der Waals surface area (Å²) in [6.07, 6.45) is 3.46. The summed E-state index contributed by atoms with van der Waals surface area (Å²) in [5.74, 6) is 1.03. The molecule has 0 aromatic carbocycles. The normalized spacial score (nSPS) is 14.2. The summed E-state index contributed by atoms with van der Waals surface area (Å²) in [5, 5.41) is 4.32. The molecular formula is C11H20ClN3. The van der Waals surface area contributed by atoms with E-state index in [1.54, 1.807) is 6.33 Å². The van der Waals surface area contributed by atoms with Crippen molar-refractivity contribution in [2.45, 2.75) is 52.5 Å². The minimum Gasteiger partial charge on any atom is -0.250 e. The summed E-state index contributed by atoms with van der Waals surface area (Å²) >= 11 is 6.31. The van der Waals surface area contributed by atoms with Gasteiger partial charge in [0.1, 0.15) is 12.2 Å². The van der Waals surface area contributed by atoms with Crippen LogP contribution in [0.15, 0.2) is 6.33 Å². The minimum atomic E-state index is 0.151. The zero-order valence-electron chi connectivity index (χ0n) is 10.00. The highest BCUT2D eigenvalue weighted by Gasteiger charge is 2.22. The van der Waals surface area contributed by atoms with E-state index in [0.717, 1.165) is 25.2 Å². The summed E-state index contributed by atoms with van der Waals surface area (Å²) in [7, 11) is 0. The number of hydrogen-bond donors (Lipinski definition) is 0. The molecule has 3 nitrogen and oxygen atoms in total. The predicted octanol–water partition coefficient (Wildman–Crippen LogP) is 2.88. The molecule has 0 aliphatic rings. The fourth-order valence-electron chi connectivity index (χ4n) is 1.43. The molecule has 1 atom stereocenters. The van der Waals surface area contributed by atoms with Gasteiger partial charge < -0.3 is 0 Å². The van der Waals surface area contributed by atoms with Gasteiger partial charge in [-0.1, -0.05) is 20.8 Å². The second-order valence-corrected chi connectivity index (χ2v) is 5.39. The standard InChI is InChI=1S/C11H20ClN3/c1-5-15-10(13-8-14-15)7-6-9(12)11(2,3)4/h8-9H,5-7H2,1-4H3. The Morgan fingerprint density at radius 3 is 2.67 bits per heavy atom. The first kappa shape index (κ1) is 12.5. The van der Waals surface area contributed by atoms with Gasteiger partial charge in [0.25, 0.3) is 0 Å². The molecule has 0 bridgehead atoms. The van der Waals surface area contributed by atoms with Crippen molar-refractivity contribution in [2.24, 2.45) is 5.41 Å². The quantitative estimate of drug-likeness (QED) is 0.744. The Morgan fingerprint density at radius 1 is 1.47 bits per heavy atom. The van der Waals surface area contributed by atoms with E-state index in [0.29, 0.717) is 0 Å². The number of rotatable bonds is 4. The molecule has 1 unspecified atom stereocenters. The third kappa shape index (κ3) is 3.49. The molecule has 4 heteroatoms. The van der Waals surface area contributed by atoms with Gasteiger partial charge in [-0.3, -0.25) is 4.68 Å². The van der Waals surface area contributed by atoms with Crippen molar-refractivity contribution < 1.29 is 0 Å². The summed E-state index contributed by atoms with van der Waals surface area (Å²) in [5.41, 5.74) is 0.151. The summed E-state index contributed by atoms with van der Waals surface area (Å²) in [6.45, 7) is 9.43. The van der Waals surface area contributed by atoms with Crippen molar-refractivity contribution in [2.75, 3.05) is 0 Å². The third-order valence-corrected chi connectivity index (χ3v) is 3.43.